The summed E-state index contributed by atoms with van der Waals surface area (Å²) >= 11 is 0. The first-order chi connectivity index (χ1) is 10.5. The van der Waals surface area contributed by atoms with E-state index in [9.17, 15) is 31.3 Å². The molecule has 0 aromatic rings. The highest BCUT2D eigenvalue weighted by Gasteiger charge is 2.56. The maximum Gasteiger partial charge on any atom is 0.407 e. The van der Waals surface area contributed by atoms with Gasteiger partial charge in [-0.1, -0.05) is 0 Å². The Morgan fingerprint density at radius 3 is 2.39 bits per heavy atom. The second-order valence-electron chi connectivity index (χ2n) is 6.82. The quantitative estimate of drug-likeness (QED) is 0.755. The third kappa shape index (κ3) is 2.93. The first kappa shape index (κ1) is 16.6. The number of halogens is 2. The molecule has 23 heavy (non-hydrogen) atoms. The zero-order valence-electron chi connectivity index (χ0n) is 12.1. The molecule has 0 aliphatic heterocycles. The number of carbonyl (C=O) groups is 2. The molecule has 130 valence electrons. The zero-order valence-corrected chi connectivity index (χ0v) is 12.9. The third-order valence-electron chi connectivity index (χ3n) is 5.10. The molecule has 0 heterocycles. The molecule has 0 saturated heterocycles. The molecule has 0 radical (unpaired) electrons. The van der Waals surface area contributed by atoms with E-state index in [-0.39, 0.29) is 17.6 Å². The molecule has 2 atom stereocenters. The summed E-state index contributed by atoms with van der Waals surface area (Å²) in [4.78, 5) is 23.8. The van der Waals surface area contributed by atoms with Gasteiger partial charge in [-0.2, -0.15) is 8.78 Å². The first-order valence-electron chi connectivity index (χ1n) is 7.33. The largest absolute Gasteiger partial charge is 0.743 e. The van der Waals surface area contributed by atoms with Crippen LogP contribution in [0, 0.1) is 17.8 Å². The number of ketones is 1. The summed E-state index contributed by atoms with van der Waals surface area (Å²) in [6.07, 6.45) is 1.94. The van der Waals surface area contributed by atoms with Crippen molar-refractivity contribution in [3.8, 4) is 0 Å². The van der Waals surface area contributed by atoms with Crippen LogP contribution in [0.15, 0.2) is 0 Å². The molecule has 10 heteroatoms. The molecule has 2 unspecified atom stereocenters. The van der Waals surface area contributed by atoms with Gasteiger partial charge in [0, 0.05) is 17.4 Å². The van der Waals surface area contributed by atoms with Crippen LogP contribution in [0.2, 0.25) is 0 Å². The maximum absolute atomic E-state index is 13.0. The van der Waals surface area contributed by atoms with E-state index in [0.717, 1.165) is 12.8 Å². The lowest BCUT2D eigenvalue weighted by atomic mass is 9.52. The van der Waals surface area contributed by atoms with Crippen LogP contribution in [-0.4, -0.2) is 42.2 Å². The van der Waals surface area contributed by atoms with Crippen molar-refractivity contribution in [1.29, 1.82) is 0 Å². The summed E-state index contributed by atoms with van der Waals surface area (Å²) in [6, 6.07) is 0. The number of nitrogens with one attached hydrogen (secondary N) is 1. The monoisotopic (exact) mass is 352 g/mol. The summed E-state index contributed by atoms with van der Waals surface area (Å²) in [7, 11) is -5.89. The number of alkyl halides is 2. The third-order valence-corrected chi connectivity index (χ3v) is 5.95. The van der Waals surface area contributed by atoms with Crippen LogP contribution >= 0.6 is 0 Å². The molecular formula is C13H16F2NO6S-. The number of ether oxygens (including phenoxy) is 1. The van der Waals surface area contributed by atoms with Crippen LogP contribution in [0.1, 0.15) is 32.1 Å². The van der Waals surface area contributed by atoms with E-state index < -0.39 is 33.6 Å². The average Bonchev–Trinajstić information content (AvgIpc) is 2.40. The molecule has 7 nitrogen and oxygen atoms in total. The normalized spacial score (nSPS) is 36.1. The van der Waals surface area contributed by atoms with Crippen LogP contribution in [0.25, 0.3) is 0 Å². The lowest BCUT2D eigenvalue weighted by Gasteiger charge is -2.55. The van der Waals surface area contributed by atoms with Gasteiger partial charge in [0.05, 0.1) is 0 Å². The van der Waals surface area contributed by atoms with Gasteiger partial charge < -0.3 is 14.6 Å². The van der Waals surface area contributed by atoms with Crippen molar-refractivity contribution in [2.24, 2.45) is 17.8 Å². The van der Waals surface area contributed by atoms with Crippen molar-refractivity contribution >= 4 is 22.0 Å². The second kappa shape index (κ2) is 5.10. The molecule has 0 aromatic heterocycles. The highest BCUT2D eigenvalue weighted by atomic mass is 32.2. The van der Waals surface area contributed by atoms with Gasteiger partial charge in [-0.3, -0.25) is 4.79 Å². The summed E-state index contributed by atoms with van der Waals surface area (Å²) in [6.45, 7) is -1.82. The Kier molecular flexibility index (Phi) is 3.67. The predicted octanol–water partition coefficient (Wildman–Crippen LogP) is 0.998. The molecule has 1 N–H and O–H groups in total. The number of alkyl carbamates (subject to hydrolysis) is 1. The number of rotatable bonds is 4. The van der Waals surface area contributed by atoms with Crippen LogP contribution < -0.4 is 5.32 Å². The van der Waals surface area contributed by atoms with E-state index in [1.165, 1.54) is 0 Å². The number of hydrogen-bond donors (Lipinski definition) is 1. The average molecular weight is 352 g/mol. The highest BCUT2D eigenvalue weighted by molar-refractivity contribution is 7.86. The topological polar surface area (TPSA) is 113 Å². The van der Waals surface area contributed by atoms with Gasteiger partial charge in [-0.25, -0.2) is 13.2 Å². The summed E-state index contributed by atoms with van der Waals surface area (Å²) < 4.78 is 61.3. The summed E-state index contributed by atoms with van der Waals surface area (Å²) in [5, 5.41) is -2.14. The van der Waals surface area contributed by atoms with Crippen molar-refractivity contribution in [2.75, 3.05) is 6.61 Å². The van der Waals surface area contributed by atoms with Crippen molar-refractivity contribution in [1.82, 2.24) is 5.32 Å². The van der Waals surface area contributed by atoms with E-state index in [1.807, 2.05) is 0 Å². The van der Waals surface area contributed by atoms with Gasteiger partial charge in [0.1, 0.15) is 5.78 Å². The number of amides is 1. The Balaban J connectivity index is 1.62. The molecule has 1 amide bonds. The second-order valence-corrected chi connectivity index (χ2v) is 8.32. The van der Waals surface area contributed by atoms with Gasteiger partial charge in [-0.15, -0.1) is 0 Å². The fourth-order valence-corrected chi connectivity index (χ4v) is 4.58. The van der Waals surface area contributed by atoms with E-state index in [4.69, 9.17) is 0 Å². The Morgan fingerprint density at radius 2 is 1.87 bits per heavy atom. The fraction of sp³-hybridized carbons (Fsp3) is 0.846. The van der Waals surface area contributed by atoms with Gasteiger partial charge in [0.15, 0.2) is 16.7 Å². The minimum atomic E-state index is -5.89. The predicted molar refractivity (Wildman–Crippen MR) is 70.4 cm³/mol. The molecule has 0 spiro atoms. The minimum Gasteiger partial charge on any atom is -0.743 e. The first-order valence-corrected chi connectivity index (χ1v) is 8.74. The number of hydrogen-bond acceptors (Lipinski definition) is 6. The van der Waals surface area contributed by atoms with E-state index in [2.05, 4.69) is 10.1 Å². The number of Topliss-reactive ketones (excluding diaryl/α,β-unsaturated/α-hetero) is 1. The smallest absolute Gasteiger partial charge is 0.407 e. The van der Waals surface area contributed by atoms with E-state index >= 15 is 0 Å². The van der Waals surface area contributed by atoms with Crippen LogP contribution in [0.4, 0.5) is 13.6 Å². The fourth-order valence-electron chi connectivity index (χ4n) is 4.37. The molecule has 0 aromatic carbocycles. The lowest BCUT2D eigenvalue weighted by molar-refractivity contribution is -0.142. The van der Waals surface area contributed by atoms with Crippen LogP contribution in [0.5, 0.6) is 0 Å². The molecule has 4 saturated carbocycles. The lowest BCUT2D eigenvalue weighted by Crippen LogP contribution is -2.62. The minimum absolute atomic E-state index is 0.120. The van der Waals surface area contributed by atoms with Gasteiger partial charge in [0.2, 0.25) is 0 Å². The van der Waals surface area contributed by atoms with Gasteiger partial charge in [0.25, 0.3) is 0 Å². The Hall–Kier alpha value is -1.29. The Morgan fingerprint density at radius 1 is 1.30 bits per heavy atom. The van der Waals surface area contributed by atoms with Crippen LogP contribution in [0.3, 0.4) is 0 Å². The van der Waals surface area contributed by atoms with Crippen molar-refractivity contribution in [3.05, 3.63) is 0 Å². The standard InChI is InChI=1S/C13H17F2NO6S/c14-13(15,23(19,20)21)6-22-11(18)16-12-3-7-1-8(4-12)10(17)9(2-7)5-12/h7-9H,1-6H2,(H,16,18)(H,19,20,21)/p-1. The molecule has 4 aliphatic rings. The SMILES string of the molecule is O=C(NC12CC3CC(C1)C(=O)C(C3)C2)OCC(F)(F)S(=O)(=O)[O-]. The van der Waals surface area contributed by atoms with Crippen molar-refractivity contribution < 1.29 is 36.1 Å². The molecular weight excluding hydrogens is 336 g/mol. The van der Waals surface area contributed by atoms with E-state index in [0.29, 0.717) is 25.2 Å². The molecule has 4 aliphatic carbocycles. The zero-order chi connectivity index (χ0) is 17.0. The molecule has 4 bridgehead atoms. The maximum atomic E-state index is 13.0. The number of carbonyl (C=O) groups excluding carboxylic acids is 2. The van der Waals surface area contributed by atoms with Crippen molar-refractivity contribution in [3.63, 3.8) is 0 Å². The molecule has 4 fully saturated rings. The summed E-state index contributed by atoms with van der Waals surface area (Å²) in [5.41, 5.74) is -0.660. The van der Waals surface area contributed by atoms with Gasteiger partial charge in [-0.05, 0) is 38.0 Å². The molecule has 4 rings (SSSR count). The Bertz CT molecular complexity index is 631. The van der Waals surface area contributed by atoms with Gasteiger partial charge >= 0.3 is 11.3 Å². The Labute approximate surface area is 131 Å². The van der Waals surface area contributed by atoms with Crippen molar-refractivity contribution in [2.45, 2.75) is 42.9 Å². The van der Waals surface area contributed by atoms with Crippen LogP contribution in [-0.2, 0) is 19.6 Å². The van der Waals surface area contributed by atoms with E-state index in [1.54, 1.807) is 0 Å². The summed E-state index contributed by atoms with van der Waals surface area (Å²) in [5.74, 6) is 0.278. The highest BCUT2D eigenvalue weighted by Crippen LogP contribution is 2.54.